The van der Waals surface area contributed by atoms with Gasteiger partial charge < -0.3 is 9.94 Å². The molecule has 1 N–H and O–H groups in total. The Bertz CT molecular complexity index is 352. The van der Waals surface area contributed by atoms with Crippen LogP contribution in [0.5, 0.6) is 5.75 Å². The number of allylic oxidation sites excluding steroid dienone is 1. The van der Waals surface area contributed by atoms with Crippen molar-refractivity contribution in [2.24, 2.45) is 5.16 Å². The van der Waals surface area contributed by atoms with Crippen molar-refractivity contribution in [2.75, 3.05) is 6.61 Å². The van der Waals surface area contributed by atoms with Crippen LogP contribution in [0.15, 0.2) is 41.6 Å². The molecule has 0 atom stereocenters. The first-order valence-electron chi connectivity index (χ1n) is 4.81. The molecular weight excluding hydrogens is 190 g/mol. The van der Waals surface area contributed by atoms with Crippen LogP contribution in [0.3, 0.4) is 0 Å². The van der Waals surface area contributed by atoms with Crippen molar-refractivity contribution in [1.29, 1.82) is 0 Å². The first kappa shape index (κ1) is 11.3. The van der Waals surface area contributed by atoms with Crippen LogP contribution in [0.1, 0.15) is 19.4 Å². The van der Waals surface area contributed by atoms with Crippen LogP contribution in [0.2, 0.25) is 0 Å². The summed E-state index contributed by atoms with van der Waals surface area (Å²) in [6.07, 6.45) is 3.88. The van der Waals surface area contributed by atoms with Gasteiger partial charge in [0.25, 0.3) is 0 Å². The van der Waals surface area contributed by atoms with E-state index in [0.29, 0.717) is 12.3 Å². The third-order valence-electron chi connectivity index (χ3n) is 2.00. The van der Waals surface area contributed by atoms with Gasteiger partial charge in [-0.1, -0.05) is 17.3 Å². The first-order valence-corrected chi connectivity index (χ1v) is 4.81. The van der Waals surface area contributed by atoms with E-state index >= 15 is 0 Å². The van der Waals surface area contributed by atoms with Crippen molar-refractivity contribution >= 4 is 5.71 Å². The second-order valence-corrected chi connectivity index (χ2v) is 3.09. The normalized spacial score (nSPS) is 12.0. The maximum atomic E-state index is 8.58. The molecule has 3 heteroatoms. The standard InChI is InChI=1S/C12H15NO2/c1-3-4-9-15-12-7-5-11(6-8-12)10(2)13-14/h3-8,14H,9H2,1-2H3/b4-3+,13-10+. The van der Waals surface area contributed by atoms with Crippen LogP contribution in [0.4, 0.5) is 0 Å². The smallest absolute Gasteiger partial charge is 0.119 e. The van der Waals surface area contributed by atoms with Crippen molar-refractivity contribution in [3.05, 3.63) is 42.0 Å². The van der Waals surface area contributed by atoms with Gasteiger partial charge >= 0.3 is 0 Å². The molecule has 0 saturated heterocycles. The maximum absolute atomic E-state index is 8.58. The van der Waals surface area contributed by atoms with Crippen LogP contribution < -0.4 is 4.74 Å². The molecule has 0 radical (unpaired) electrons. The lowest BCUT2D eigenvalue weighted by Crippen LogP contribution is -1.96. The van der Waals surface area contributed by atoms with Gasteiger partial charge in [-0.15, -0.1) is 0 Å². The zero-order valence-corrected chi connectivity index (χ0v) is 8.97. The highest BCUT2D eigenvalue weighted by Crippen LogP contribution is 2.12. The van der Waals surface area contributed by atoms with E-state index in [-0.39, 0.29) is 0 Å². The van der Waals surface area contributed by atoms with Crippen LogP contribution in [-0.2, 0) is 0 Å². The van der Waals surface area contributed by atoms with E-state index in [9.17, 15) is 0 Å². The number of hydrogen-bond donors (Lipinski definition) is 1. The van der Waals surface area contributed by atoms with Crippen molar-refractivity contribution in [3.63, 3.8) is 0 Å². The zero-order chi connectivity index (χ0) is 11.1. The topological polar surface area (TPSA) is 41.8 Å². The summed E-state index contributed by atoms with van der Waals surface area (Å²) in [6.45, 7) is 4.27. The highest BCUT2D eigenvalue weighted by atomic mass is 16.5. The molecule has 3 nitrogen and oxygen atoms in total. The predicted molar refractivity (Wildman–Crippen MR) is 60.7 cm³/mol. The summed E-state index contributed by atoms with van der Waals surface area (Å²) in [5, 5.41) is 11.7. The molecule has 1 rings (SSSR count). The Hall–Kier alpha value is -1.77. The SMILES string of the molecule is C/C=C/COc1ccc(/C(C)=N/O)cc1. The minimum atomic E-state index is 0.572. The summed E-state index contributed by atoms with van der Waals surface area (Å²) in [7, 11) is 0. The Morgan fingerprint density at radius 3 is 2.60 bits per heavy atom. The minimum absolute atomic E-state index is 0.572. The molecular formula is C12H15NO2. The molecule has 0 aromatic heterocycles. The molecule has 80 valence electrons. The Labute approximate surface area is 89.7 Å². The summed E-state index contributed by atoms with van der Waals surface area (Å²) in [5.41, 5.74) is 1.48. The minimum Gasteiger partial charge on any atom is -0.490 e. The summed E-state index contributed by atoms with van der Waals surface area (Å²) < 4.78 is 5.43. The van der Waals surface area contributed by atoms with Gasteiger partial charge in [-0.25, -0.2) is 0 Å². The van der Waals surface area contributed by atoms with Crippen LogP contribution in [0.25, 0.3) is 0 Å². The molecule has 0 aliphatic carbocycles. The van der Waals surface area contributed by atoms with E-state index in [1.54, 1.807) is 6.92 Å². The van der Waals surface area contributed by atoms with E-state index in [2.05, 4.69) is 5.16 Å². The van der Waals surface area contributed by atoms with Gasteiger partial charge in [0.05, 0.1) is 5.71 Å². The van der Waals surface area contributed by atoms with Crippen molar-refractivity contribution < 1.29 is 9.94 Å². The number of nitrogens with zero attached hydrogens (tertiary/aromatic N) is 1. The molecule has 1 aromatic rings. The van der Waals surface area contributed by atoms with Gasteiger partial charge in [0.15, 0.2) is 0 Å². The summed E-state index contributed by atoms with van der Waals surface area (Å²) in [4.78, 5) is 0. The third-order valence-corrected chi connectivity index (χ3v) is 2.00. The molecule has 0 aliphatic heterocycles. The van der Waals surface area contributed by atoms with Crippen LogP contribution in [0, 0.1) is 0 Å². The van der Waals surface area contributed by atoms with E-state index in [1.807, 2.05) is 43.3 Å². The van der Waals surface area contributed by atoms with Gasteiger partial charge in [0.2, 0.25) is 0 Å². The number of oxime groups is 1. The van der Waals surface area contributed by atoms with Gasteiger partial charge in [-0.05, 0) is 43.7 Å². The Kier molecular flexibility index (Phi) is 4.41. The molecule has 0 heterocycles. The first-order chi connectivity index (χ1) is 7.27. The highest BCUT2D eigenvalue weighted by Gasteiger charge is 1.97. The Morgan fingerprint density at radius 2 is 2.07 bits per heavy atom. The van der Waals surface area contributed by atoms with E-state index in [4.69, 9.17) is 9.94 Å². The fourth-order valence-corrected chi connectivity index (χ4v) is 1.09. The maximum Gasteiger partial charge on any atom is 0.119 e. The number of benzene rings is 1. The molecule has 0 bridgehead atoms. The van der Waals surface area contributed by atoms with Gasteiger partial charge in [-0.3, -0.25) is 0 Å². The highest BCUT2D eigenvalue weighted by molar-refractivity contribution is 5.98. The summed E-state index contributed by atoms with van der Waals surface area (Å²) in [5.74, 6) is 0.808. The number of rotatable bonds is 4. The average Bonchev–Trinajstić information content (AvgIpc) is 2.29. The van der Waals surface area contributed by atoms with Crippen LogP contribution >= 0.6 is 0 Å². The fraction of sp³-hybridized carbons (Fsp3) is 0.250. The van der Waals surface area contributed by atoms with Crippen LogP contribution in [-0.4, -0.2) is 17.5 Å². The molecule has 0 fully saturated rings. The molecule has 0 aliphatic rings. The van der Waals surface area contributed by atoms with E-state index in [0.717, 1.165) is 11.3 Å². The van der Waals surface area contributed by atoms with Gasteiger partial charge in [-0.2, -0.15) is 0 Å². The van der Waals surface area contributed by atoms with E-state index in [1.165, 1.54) is 0 Å². The lowest BCUT2D eigenvalue weighted by Gasteiger charge is -2.04. The van der Waals surface area contributed by atoms with Gasteiger partial charge in [0.1, 0.15) is 12.4 Å². The largest absolute Gasteiger partial charge is 0.490 e. The zero-order valence-electron chi connectivity index (χ0n) is 8.97. The fourth-order valence-electron chi connectivity index (χ4n) is 1.09. The predicted octanol–water partition coefficient (Wildman–Crippen LogP) is 2.84. The quantitative estimate of drug-likeness (QED) is 0.355. The Balaban J connectivity index is 2.64. The lowest BCUT2D eigenvalue weighted by atomic mass is 10.1. The van der Waals surface area contributed by atoms with Crippen molar-refractivity contribution in [3.8, 4) is 5.75 Å². The monoisotopic (exact) mass is 205 g/mol. The molecule has 0 unspecified atom stereocenters. The Morgan fingerprint density at radius 1 is 1.40 bits per heavy atom. The van der Waals surface area contributed by atoms with E-state index < -0.39 is 0 Å². The van der Waals surface area contributed by atoms with Gasteiger partial charge in [0, 0.05) is 0 Å². The van der Waals surface area contributed by atoms with Crippen molar-refractivity contribution in [2.45, 2.75) is 13.8 Å². The molecule has 1 aromatic carbocycles. The summed E-state index contributed by atoms with van der Waals surface area (Å²) in [6, 6.07) is 7.43. The summed E-state index contributed by atoms with van der Waals surface area (Å²) >= 11 is 0. The second kappa shape index (κ2) is 5.86. The number of hydrogen-bond acceptors (Lipinski definition) is 3. The average molecular weight is 205 g/mol. The molecule has 0 spiro atoms. The molecule has 15 heavy (non-hydrogen) atoms. The van der Waals surface area contributed by atoms with Crippen molar-refractivity contribution in [1.82, 2.24) is 0 Å². The molecule has 0 saturated carbocycles. The lowest BCUT2D eigenvalue weighted by molar-refractivity contribution is 0.319. The second-order valence-electron chi connectivity index (χ2n) is 3.09. The third kappa shape index (κ3) is 3.46. The molecule has 0 amide bonds. The number of ether oxygens (including phenoxy) is 1.